The van der Waals surface area contributed by atoms with Crippen molar-refractivity contribution < 1.29 is 4.79 Å². The third-order valence-corrected chi connectivity index (χ3v) is 3.60. The van der Waals surface area contributed by atoms with Crippen LogP contribution in [-0.2, 0) is 0 Å². The zero-order valence-corrected chi connectivity index (χ0v) is 13.1. The number of carbonyl (C=O) groups is 1. The molecule has 104 valence electrons. The third-order valence-electron chi connectivity index (χ3n) is 3.11. The number of nitrogens with two attached hydrogens (primary N) is 1. The molecule has 3 nitrogen and oxygen atoms in total. The summed E-state index contributed by atoms with van der Waals surface area (Å²) >= 11 is 3.44. The van der Waals surface area contributed by atoms with E-state index in [-0.39, 0.29) is 11.9 Å². The van der Waals surface area contributed by atoms with Crippen LogP contribution in [0.15, 0.2) is 53.0 Å². The summed E-state index contributed by atoms with van der Waals surface area (Å²) in [4.78, 5) is 13.5. The highest BCUT2D eigenvalue weighted by Crippen LogP contribution is 2.23. The molecule has 0 aliphatic heterocycles. The van der Waals surface area contributed by atoms with Gasteiger partial charge in [0.25, 0.3) is 5.91 Å². The van der Waals surface area contributed by atoms with Gasteiger partial charge in [0.15, 0.2) is 0 Å². The molecule has 2 N–H and O–H groups in total. The van der Waals surface area contributed by atoms with Crippen molar-refractivity contribution in [2.24, 2.45) is 5.73 Å². The number of rotatable bonds is 3. The Kier molecular flexibility index (Phi) is 4.57. The molecule has 0 aromatic heterocycles. The first kappa shape index (κ1) is 14.8. The average Bonchev–Trinajstić information content (AvgIpc) is 2.45. The fourth-order valence-corrected chi connectivity index (χ4v) is 2.43. The van der Waals surface area contributed by atoms with E-state index in [0.29, 0.717) is 5.56 Å². The van der Waals surface area contributed by atoms with E-state index in [1.165, 1.54) is 0 Å². The van der Waals surface area contributed by atoms with Crippen LogP contribution in [0.1, 0.15) is 27.5 Å². The van der Waals surface area contributed by atoms with Crippen LogP contribution < -0.4 is 5.73 Å². The number of amides is 1. The molecule has 1 amide bonds. The largest absolute Gasteiger partial charge is 0.345 e. The van der Waals surface area contributed by atoms with Crippen LogP contribution in [0, 0.1) is 0 Å². The maximum absolute atomic E-state index is 12.0. The van der Waals surface area contributed by atoms with Crippen LogP contribution in [0.25, 0.3) is 0 Å². The van der Waals surface area contributed by atoms with E-state index in [0.717, 1.165) is 15.6 Å². The van der Waals surface area contributed by atoms with Gasteiger partial charge in [0.2, 0.25) is 0 Å². The van der Waals surface area contributed by atoms with Gasteiger partial charge >= 0.3 is 0 Å². The van der Waals surface area contributed by atoms with Crippen molar-refractivity contribution in [3.63, 3.8) is 0 Å². The highest BCUT2D eigenvalue weighted by atomic mass is 79.9. The predicted molar refractivity (Wildman–Crippen MR) is 84.6 cm³/mol. The predicted octanol–water partition coefficient (Wildman–Crippen LogP) is 3.20. The highest BCUT2D eigenvalue weighted by Gasteiger charge is 2.13. The van der Waals surface area contributed by atoms with Crippen molar-refractivity contribution in [3.8, 4) is 0 Å². The monoisotopic (exact) mass is 332 g/mol. The molecular formula is C16H17BrN2O. The van der Waals surface area contributed by atoms with Gasteiger partial charge < -0.3 is 10.6 Å². The molecule has 0 heterocycles. The molecule has 4 heteroatoms. The van der Waals surface area contributed by atoms with Gasteiger partial charge in [-0.2, -0.15) is 0 Å². The second-order valence-electron chi connectivity index (χ2n) is 4.86. The molecule has 0 saturated carbocycles. The summed E-state index contributed by atoms with van der Waals surface area (Å²) in [6, 6.07) is 15.1. The van der Waals surface area contributed by atoms with E-state index >= 15 is 0 Å². The molecule has 0 spiro atoms. The van der Waals surface area contributed by atoms with Gasteiger partial charge in [0.05, 0.1) is 6.04 Å². The Bertz CT molecular complexity index is 625. The lowest BCUT2D eigenvalue weighted by atomic mass is 9.98. The molecular weight excluding hydrogens is 316 g/mol. The summed E-state index contributed by atoms with van der Waals surface area (Å²) in [6.45, 7) is 0. The van der Waals surface area contributed by atoms with E-state index in [1.54, 1.807) is 25.1 Å². The fourth-order valence-electron chi connectivity index (χ4n) is 2.02. The minimum absolute atomic E-state index is 0.0201. The molecule has 0 fully saturated rings. The van der Waals surface area contributed by atoms with Gasteiger partial charge in [-0.1, -0.05) is 40.2 Å². The van der Waals surface area contributed by atoms with Gasteiger partial charge in [0.1, 0.15) is 0 Å². The van der Waals surface area contributed by atoms with E-state index in [2.05, 4.69) is 15.9 Å². The van der Waals surface area contributed by atoms with E-state index in [9.17, 15) is 4.79 Å². The summed E-state index contributed by atoms with van der Waals surface area (Å²) in [5.41, 5.74) is 8.87. The maximum Gasteiger partial charge on any atom is 0.253 e. The average molecular weight is 333 g/mol. The Morgan fingerprint density at radius 3 is 2.30 bits per heavy atom. The van der Waals surface area contributed by atoms with Gasteiger partial charge in [-0.25, -0.2) is 0 Å². The maximum atomic E-state index is 12.0. The lowest BCUT2D eigenvalue weighted by molar-refractivity contribution is 0.0827. The summed E-state index contributed by atoms with van der Waals surface area (Å²) < 4.78 is 0.992. The Morgan fingerprint density at radius 1 is 1.10 bits per heavy atom. The first-order valence-electron chi connectivity index (χ1n) is 6.31. The van der Waals surface area contributed by atoms with Gasteiger partial charge in [0, 0.05) is 24.1 Å². The lowest BCUT2D eigenvalue weighted by Crippen LogP contribution is -2.22. The fraction of sp³-hybridized carbons (Fsp3) is 0.188. The molecule has 20 heavy (non-hydrogen) atoms. The van der Waals surface area contributed by atoms with E-state index < -0.39 is 0 Å². The highest BCUT2D eigenvalue weighted by molar-refractivity contribution is 9.10. The number of nitrogens with zero attached hydrogens (tertiary/aromatic N) is 1. The SMILES string of the molecule is CN(C)C(=O)c1cccc([C@H](N)c2cccc(Br)c2)c1. The van der Waals surface area contributed by atoms with Gasteiger partial charge in [-0.3, -0.25) is 4.79 Å². The van der Waals surface area contributed by atoms with Crippen LogP contribution in [-0.4, -0.2) is 24.9 Å². The van der Waals surface area contributed by atoms with E-state index in [4.69, 9.17) is 5.73 Å². The number of benzene rings is 2. The quantitative estimate of drug-likeness (QED) is 0.938. The van der Waals surface area contributed by atoms with Crippen molar-refractivity contribution in [3.05, 3.63) is 69.7 Å². The van der Waals surface area contributed by atoms with Crippen molar-refractivity contribution in [2.45, 2.75) is 6.04 Å². The minimum Gasteiger partial charge on any atom is -0.345 e. The molecule has 1 atom stereocenters. The Balaban J connectivity index is 2.33. The molecule has 0 aliphatic rings. The first-order valence-corrected chi connectivity index (χ1v) is 7.11. The number of carbonyl (C=O) groups excluding carboxylic acids is 1. The standard InChI is InChI=1S/C16H17BrN2O/c1-19(2)16(20)13-7-3-5-11(9-13)15(18)12-6-4-8-14(17)10-12/h3-10,15H,18H2,1-2H3/t15-/m0/s1. The molecule has 0 unspecified atom stereocenters. The van der Waals surface area contributed by atoms with Crippen molar-refractivity contribution in [1.29, 1.82) is 0 Å². The Morgan fingerprint density at radius 2 is 1.70 bits per heavy atom. The molecule has 0 saturated heterocycles. The number of halogens is 1. The normalized spacial score (nSPS) is 12.0. The van der Waals surface area contributed by atoms with Crippen molar-refractivity contribution in [1.82, 2.24) is 4.90 Å². The third kappa shape index (κ3) is 3.26. The molecule has 2 aromatic carbocycles. The molecule has 2 rings (SSSR count). The number of hydrogen-bond acceptors (Lipinski definition) is 2. The first-order chi connectivity index (χ1) is 9.49. The van der Waals surface area contributed by atoms with Crippen LogP contribution in [0.2, 0.25) is 0 Å². The summed E-state index contributed by atoms with van der Waals surface area (Å²) in [6.07, 6.45) is 0. The minimum atomic E-state index is -0.248. The zero-order valence-electron chi connectivity index (χ0n) is 11.5. The van der Waals surface area contributed by atoms with Crippen LogP contribution in [0.3, 0.4) is 0 Å². The Hall–Kier alpha value is -1.65. The second-order valence-corrected chi connectivity index (χ2v) is 5.77. The second kappa shape index (κ2) is 6.20. The van der Waals surface area contributed by atoms with Crippen LogP contribution >= 0.6 is 15.9 Å². The zero-order chi connectivity index (χ0) is 14.7. The summed E-state index contributed by atoms with van der Waals surface area (Å²) in [5.74, 6) is -0.0201. The van der Waals surface area contributed by atoms with Gasteiger partial charge in [-0.05, 0) is 35.4 Å². The topological polar surface area (TPSA) is 46.3 Å². The molecule has 0 bridgehead atoms. The van der Waals surface area contributed by atoms with Crippen LogP contribution in [0.4, 0.5) is 0 Å². The summed E-state index contributed by atoms with van der Waals surface area (Å²) in [5, 5.41) is 0. The van der Waals surface area contributed by atoms with Gasteiger partial charge in [-0.15, -0.1) is 0 Å². The number of hydrogen-bond donors (Lipinski definition) is 1. The van der Waals surface area contributed by atoms with E-state index in [1.807, 2.05) is 42.5 Å². The summed E-state index contributed by atoms with van der Waals surface area (Å²) in [7, 11) is 3.48. The Labute approximate surface area is 127 Å². The lowest BCUT2D eigenvalue weighted by Gasteiger charge is -2.15. The molecule has 0 radical (unpaired) electrons. The van der Waals surface area contributed by atoms with Crippen LogP contribution in [0.5, 0.6) is 0 Å². The smallest absolute Gasteiger partial charge is 0.253 e. The molecule has 0 aliphatic carbocycles. The van der Waals surface area contributed by atoms with Crippen molar-refractivity contribution in [2.75, 3.05) is 14.1 Å². The molecule has 2 aromatic rings. The van der Waals surface area contributed by atoms with Crippen molar-refractivity contribution >= 4 is 21.8 Å².